The van der Waals surface area contributed by atoms with Crippen molar-refractivity contribution in [2.45, 2.75) is 25.9 Å². The van der Waals surface area contributed by atoms with Crippen molar-refractivity contribution < 1.29 is 22.7 Å². The number of sulfonamides is 1. The number of amides is 1. The van der Waals surface area contributed by atoms with Gasteiger partial charge in [0.15, 0.2) is 11.5 Å². The number of nitrogens with one attached hydrogen (secondary N) is 1. The van der Waals surface area contributed by atoms with E-state index in [2.05, 4.69) is 5.32 Å². The van der Waals surface area contributed by atoms with Gasteiger partial charge < -0.3 is 14.8 Å². The molecule has 0 spiro atoms. The average molecular weight is 481 g/mol. The molecule has 1 amide bonds. The van der Waals surface area contributed by atoms with Gasteiger partial charge in [0.1, 0.15) is 19.3 Å². The minimum absolute atomic E-state index is 0.334. The normalized spacial score (nSPS) is 14.7. The van der Waals surface area contributed by atoms with E-state index in [1.807, 2.05) is 61.5 Å². The van der Waals surface area contributed by atoms with Gasteiger partial charge in [-0.1, -0.05) is 60.2 Å². The molecular weight excluding hydrogens is 452 g/mol. The van der Waals surface area contributed by atoms with E-state index in [-0.39, 0.29) is 0 Å². The van der Waals surface area contributed by atoms with Crippen molar-refractivity contribution in [1.29, 1.82) is 0 Å². The zero-order valence-corrected chi connectivity index (χ0v) is 20.2. The number of ether oxygens (including phenoxy) is 2. The van der Waals surface area contributed by atoms with E-state index in [4.69, 9.17) is 9.47 Å². The highest BCUT2D eigenvalue weighted by molar-refractivity contribution is 7.92. The Morgan fingerprint density at radius 1 is 0.912 bits per heavy atom. The number of aryl methyl sites for hydroxylation is 1. The SMILES string of the molecule is Cc1ccc([C@@H](NC(=O)[C@H](C)N(c2ccc3c(c2)OCCO3)S(C)(=O)=O)c2ccccc2)cc1. The quantitative estimate of drug-likeness (QED) is 0.556. The van der Waals surface area contributed by atoms with Crippen LogP contribution in [0, 0.1) is 6.92 Å². The number of anilines is 1. The van der Waals surface area contributed by atoms with Gasteiger partial charge in [-0.15, -0.1) is 0 Å². The maximum Gasteiger partial charge on any atom is 0.244 e. The molecule has 3 aromatic carbocycles. The van der Waals surface area contributed by atoms with Crippen LogP contribution in [0.4, 0.5) is 5.69 Å². The molecule has 1 aliphatic rings. The lowest BCUT2D eigenvalue weighted by Gasteiger charge is -2.31. The van der Waals surface area contributed by atoms with Gasteiger partial charge in [0.05, 0.1) is 18.0 Å². The van der Waals surface area contributed by atoms with Crippen molar-refractivity contribution >= 4 is 21.6 Å². The highest BCUT2D eigenvalue weighted by Crippen LogP contribution is 2.35. The number of fused-ring (bicyclic) bond motifs is 1. The number of rotatable bonds is 7. The Morgan fingerprint density at radius 3 is 2.18 bits per heavy atom. The first kappa shape index (κ1) is 23.6. The summed E-state index contributed by atoms with van der Waals surface area (Å²) in [4.78, 5) is 13.4. The zero-order chi connectivity index (χ0) is 24.3. The third kappa shape index (κ3) is 5.17. The molecule has 34 heavy (non-hydrogen) atoms. The second-order valence-corrected chi connectivity index (χ2v) is 10.2. The molecule has 0 aromatic heterocycles. The summed E-state index contributed by atoms with van der Waals surface area (Å²) in [6, 6.07) is 20.9. The van der Waals surface area contributed by atoms with Crippen molar-refractivity contribution in [3.05, 3.63) is 89.5 Å². The second-order valence-electron chi connectivity index (χ2n) is 8.33. The fourth-order valence-corrected chi connectivity index (χ4v) is 5.17. The Morgan fingerprint density at radius 2 is 1.53 bits per heavy atom. The van der Waals surface area contributed by atoms with Gasteiger partial charge in [-0.05, 0) is 37.1 Å². The number of hydrogen-bond acceptors (Lipinski definition) is 5. The van der Waals surface area contributed by atoms with Gasteiger partial charge in [-0.3, -0.25) is 9.10 Å². The van der Waals surface area contributed by atoms with E-state index in [1.54, 1.807) is 25.1 Å². The van der Waals surface area contributed by atoms with Crippen molar-refractivity contribution in [2.75, 3.05) is 23.8 Å². The van der Waals surface area contributed by atoms with Crippen LogP contribution in [0.15, 0.2) is 72.8 Å². The lowest BCUT2D eigenvalue weighted by atomic mass is 9.97. The van der Waals surface area contributed by atoms with Crippen LogP contribution in [0.3, 0.4) is 0 Å². The van der Waals surface area contributed by atoms with Crippen molar-refractivity contribution in [3.8, 4) is 11.5 Å². The third-order valence-electron chi connectivity index (χ3n) is 5.70. The summed E-state index contributed by atoms with van der Waals surface area (Å²) in [6.07, 6.45) is 1.09. The van der Waals surface area contributed by atoms with Gasteiger partial charge >= 0.3 is 0 Å². The monoisotopic (exact) mass is 480 g/mol. The van der Waals surface area contributed by atoms with Gasteiger partial charge in [0.25, 0.3) is 0 Å². The standard InChI is InChI=1S/C26H28N2O5S/c1-18-9-11-21(12-10-18)25(20-7-5-4-6-8-20)27-26(29)19(2)28(34(3,30)31)22-13-14-23-24(17-22)33-16-15-32-23/h4-14,17,19,25H,15-16H2,1-3H3,(H,27,29)/t19-,25-/m0/s1. The van der Waals surface area contributed by atoms with E-state index in [0.29, 0.717) is 30.4 Å². The molecule has 7 nitrogen and oxygen atoms in total. The van der Waals surface area contributed by atoms with Crippen LogP contribution in [-0.4, -0.2) is 39.8 Å². The molecule has 1 N–H and O–H groups in total. The number of hydrogen-bond donors (Lipinski definition) is 1. The molecule has 8 heteroatoms. The summed E-state index contributed by atoms with van der Waals surface area (Å²) in [5.41, 5.74) is 3.25. The highest BCUT2D eigenvalue weighted by Gasteiger charge is 2.32. The predicted molar refractivity (Wildman–Crippen MR) is 132 cm³/mol. The first-order valence-corrected chi connectivity index (χ1v) is 12.9. The predicted octanol–water partition coefficient (Wildman–Crippen LogP) is 3.83. The fraction of sp³-hybridized carbons (Fsp3) is 0.269. The summed E-state index contributed by atoms with van der Waals surface area (Å²) in [7, 11) is -3.78. The molecule has 0 radical (unpaired) electrons. The first-order chi connectivity index (χ1) is 16.2. The second kappa shape index (κ2) is 9.77. The Bertz CT molecular complexity index is 1260. The largest absolute Gasteiger partial charge is 0.486 e. The molecule has 0 aliphatic carbocycles. The van der Waals surface area contributed by atoms with E-state index >= 15 is 0 Å². The number of carbonyl (C=O) groups is 1. The van der Waals surface area contributed by atoms with Crippen molar-refractivity contribution in [1.82, 2.24) is 5.32 Å². The Hall–Kier alpha value is -3.52. The topological polar surface area (TPSA) is 84.9 Å². The summed E-state index contributed by atoms with van der Waals surface area (Å²) < 4.78 is 37.8. The van der Waals surface area contributed by atoms with Crippen LogP contribution < -0.4 is 19.1 Å². The van der Waals surface area contributed by atoms with E-state index in [1.165, 1.54) is 0 Å². The molecule has 0 saturated carbocycles. The molecule has 0 unspecified atom stereocenters. The molecule has 4 rings (SSSR count). The smallest absolute Gasteiger partial charge is 0.244 e. The Labute approximate surface area is 200 Å². The van der Waals surface area contributed by atoms with Crippen LogP contribution >= 0.6 is 0 Å². The molecule has 178 valence electrons. The van der Waals surface area contributed by atoms with E-state index in [9.17, 15) is 13.2 Å². The van der Waals surface area contributed by atoms with Gasteiger partial charge in [0, 0.05) is 6.07 Å². The lowest BCUT2D eigenvalue weighted by molar-refractivity contribution is -0.122. The van der Waals surface area contributed by atoms with Gasteiger partial charge in [0.2, 0.25) is 15.9 Å². The molecule has 3 aromatic rings. The maximum atomic E-state index is 13.4. The van der Waals surface area contributed by atoms with Gasteiger partial charge in [-0.25, -0.2) is 8.42 Å². The minimum atomic E-state index is -3.78. The van der Waals surface area contributed by atoms with Crippen molar-refractivity contribution in [3.63, 3.8) is 0 Å². The molecule has 0 bridgehead atoms. The van der Waals surface area contributed by atoms with Crippen LogP contribution in [0.1, 0.15) is 29.7 Å². The van der Waals surface area contributed by atoms with Gasteiger partial charge in [-0.2, -0.15) is 0 Å². The van der Waals surface area contributed by atoms with E-state index in [0.717, 1.165) is 27.3 Å². The molecule has 1 heterocycles. The Kier molecular flexibility index (Phi) is 6.79. The molecule has 0 fully saturated rings. The number of carbonyl (C=O) groups excluding carboxylic acids is 1. The summed E-state index contributed by atoms with van der Waals surface area (Å²) in [5.74, 6) is 0.575. The molecule has 1 aliphatic heterocycles. The number of benzene rings is 3. The Balaban J connectivity index is 1.65. The molecular formula is C26H28N2O5S. The molecule has 0 saturated heterocycles. The van der Waals surface area contributed by atoms with Crippen LogP contribution in [-0.2, 0) is 14.8 Å². The number of nitrogens with zero attached hydrogens (tertiary/aromatic N) is 1. The third-order valence-corrected chi connectivity index (χ3v) is 6.94. The molecule has 2 atom stereocenters. The van der Waals surface area contributed by atoms with E-state index < -0.39 is 28.0 Å². The van der Waals surface area contributed by atoms with Crippen LogP contribution in [0.25, 0.3) is 0 Å². The highest BCUT2D eigenvalue weighted by atomic mass is 32.2. The maximum absolute atomic E-state index is 13.4. The average Bonchev–Trinajstić information content (AvgIpc) is 2.82. The summed E-state index contributed by atoms with van der Waals surface area (Å²) in [5, 5.41) is 3.05. The van der Waals surface area contributed by atoms with Crippen molar-refractivity contribution in [2.24, 2.45) is 0 Å². The van der Waals surface area contributed by atoms with Crippen LogP contribution in [0.2, 0.25) is 0 Å². The lowest BCUT2D eigenvalue weighted by Crippen LogP contribution is -2.48. The summed E-state index contributed by atoms with van der Waals surface area (Å²) in [6.45, 7) is 4.38. The summed E-state index contributed by atoms with van der Waals surface area (Å²) >= 11 is 0. The minimum Gasteiger partial charge on any atom is -0.486 e. The zero-order valence-electron chi connectivity index (χ0n) is 19.4. The first-order valence-electron chi connectivity index (χ1n) is 11.0. The fourth-order valence-electron chi connectivity index (χ4n) is 4.00. The van der Waals surface area contributed by atoms with Crippen LogP contribution in [0.5, 0.6) is 11.5 Å².